The standard InChI is InChI=1S/C26H24ClN5O2/c1-15-8-25(32-17(3)33)31-16(2)23(15)14-30-26(34)19-6-7-28-22(12-19)10-18-4-5-24-20(9-18)11-21(27)13-29-24/h4-9,11-13H,10,14H2,1-3H3,(H,30,34)(H,31,32,33). The third-order valence-electron chi connectivity index (χ3n) is 5.46. The Bertz CT molecular complexity index is 1380. The molecule has 0 bridgehead atoms. The van der Waals surface area contributed by atoms with E-state index in [1.807, 2.05) is 38.1 Å². The number of carbonyl (C=O) groups excluding carboxylic acids is 2. The molecule has 3 heterocycles. The number of hydrogen-bond donors (Lipinski definition) is 2. The quantitative estimate of drug-likeness (QED) is 0.420. The van der Waals surface area contributed by atoms with E-state index in [4.69, 9.17) is 11.6 Å². The molecule has 2 N–H and O–H groups in total. The number of benzene rings is 1. The third-order valence-corrected chi connectivity index (χ3v) is 5.67. The van der Waals surface area contributed by atoms with Crippen molar-refractivity contribution in [2.24, 2.45) is 0 Å². The molecule has 172 valence electrons. The van der Waals surface area contributed by atoms with Crippen LogP contribution in [-0.2, 0) is 17.8 Å². The molecule has 0 spiro atoms. The van der Waals surface area contributed by atoms with Crippen LogP contribution in [0.5, 0.6) is 0 Å². The van der Waals surface area contributed by atoms with Crippen molar-refractivity contribution < 1.29 is 9.59 Å². The average Bonchev–Trinajstić information content (AvgIpc) is 2.78. The maximum Gasteiger partial charge on any atom is 0.251 e. The first-order chi connectivity index (χ1) is 16.3. The Morgan fingerprint density at radius 1 is 1.03 bits per heavy atom. The lowest BCUT2D eigenvalue weighted by atomic mass is 10.0. The van der Waals surface area contributed by atoms with Crippen molar-refractivity contribution in [2.45, 2.75) is 33.7 Å². The van der Waals surface area contributed by atoms with E-state index >= 15 is 0 Å². The summed E-state index contributed by atoms with van der Waals surface area (Å²) >= 11 is 6.07. The van der Waals surface area contributed by atoms with Gasteiger partial charge < -0.3 is 10.6 Å². The van der Waals surface area contributed by atoms with Gasteiger partial charge in [-0.25, -0.2) is 4.98 Å². The van der Waals surface area contributed by atoms with Gasteiger partial charge in [0.05, 0.1) is 10.5 Å². The van der Waals surface area contributed by atoms with Crippen molar-refractivity contribution in [3.63, 3.8) is 0 Å². The molecule has 0 radical (unpaired) electrons. The number of carbonyl (C=O) groups is 2. The zero-order valence-electron chi connectivity index (χ0n) is 19.1. The number of pyridine rings is 3. The van der Waals surface area contributed by atoms with E-state index in [9.17, 15) is 9.59 Å². The van der Waals surface area contributed by atoms with Gasteiger partial charge >= 0.3 is 0 Å². The smallest absolute Gasteiger partial charge is 0.251 e. The highest BCUT2D eigenvalue weighted by atomic mass is 35.5. The van der Waals surface area contributed by atoms with Gasteiger partial charge in [0.2, 0.25) is 5.91 Å². The lowest BCUT2D eigenvalue weighted by Gasteiger charge is -2.13. The first kappa shape index (κ1) is 23.3. The minimum Gasteiger partial charge on any atom is -0.348 e. The number of hydrogen-bond acceptors (Lipinski definition) is 5. The number of fused-ring (bicyclic) bond motifs is 1. The Morgan fingerprint density at radius 2 is 1.85 bits per heavy atom. The molecule has 4 rings (SSSR count). The predicted octanol–water partition coefficient (Wildman–Crippen LogP) is 4.77. The highest BCUT2D eigenvalue weighted by Gasteiger charge is 2.12. The van der Waals surface area contributed by atoms with E-state index < -0.39 is 0 Å². The number of nitrogens with zero attached hydrogens (tertiary/aromatic N) is 3. The SMILES string of the molecule is CC(=O)Nc1cc(C)c(CNC(=O)c2ccnc(Cc3ccc4ncc(Cl)cc4c3)c2)c(C)n1. The number of aryl methyl sites for hydroxylation is 2. The van der Waals surface area contributed by atoms with Gasteiger partial charge in [-0.2, -0.15) is 0 Å². The lowest BCUT2D eigenvalue weighted by molar-refractivity contribution is -0.114. The van der Waals surface area contributed by atoms with E-state index in [1.165, 1.54) is 6.92 Å². The lowest BCUT2D eigenvalue weighted by Crippen LogP contribution is -2.24. The zero-order chi connectivity index (χ0) is 24.2. The highest BCUT2D eigenvalue weighted by molar-refractivity contribution is 6.31. The van der Waals surface area contributed by atoms with Gasteiger partial charge in [0.1, 0.15) is 5.82 Å². The Kier molecular flexibility index (Phi) is 6.84. The van der Waals surface area contributed by atoms with Crippen LogP contribution in [0.25, 0.3) is 10.9 Å². The first-order valence-corrected chi connectivity index (χ1v) is 11.2. The summed E-state index contributed by atoms with van der Waals surface area (Å²) in [5.74, 6) is 0.135. The molecule has 0 saturated carbocycles. The molecule has 8 heteroatoms. The number of rotatable bonds is 6. The van der Waals surface area contributed by atoms with Gasteiger partial charge in [0.15, 0.2) is 0 Å². The molecule has 3 aromatic heterocycles. The van der Waals surface area contributed by atoms with Crippen LogP contribution in [-0.4, -0.2) is 26.8 Å². The van der Waals surface area contributed by atoms with Crippen molar-refractivity contribution in [1.29, 1.82) is 0 Å². The van der Waals surface area contributed by atoms with E-state index in [0.29, 0.717) is 29.4 Å². The molecule has 7 nitrogen and oxygen atoms in total. The van der Waals surface area contributed by atoms with Crippen molar-refractivity contribution in [3.8, 4) is 0 Å². The maximum atomic E-state index is 12.8. The molecular formula is C26H24ClN5O2. The molecule has 2 amide bonds. The van der Waals surface area contributed by atoms with Crippen molar-refractivity contribution in [2.75, 3.05) is 5.32 Å². The molecule has 4 aromatic rings. The van der Waals surface area contributed by atoms with Crippen molar-refractivity contribution >= 4 is 40.1 Å². The Hall–Kier alpha value is -3.84. The summed E-state index contributed by atoms with van der Waals surface area (Å²) in [5, 5.41) is 7.20. The topological polar surface area (TPSA) is 96.9 Å². The van der Waals surface area contributed by atoms with E-state index in [-0.39, 0.29) is 11.8 Å². The number of aromatic nitrogens is 3. The summed E-state index contributed by atoms with van der Waals surface area (Å²) in [4.78, 5) is 37.3. The fourth-order valence-electron chi connectivity index (χ4n) is 3.83. The molecule has 0 unspecified atom stereocenters. The molecule has 1 aromatic carbocycles. The van der Waals surface area contributed by atoms with Crippen LogP contribution in [0, 0.1) is 13.8 Å². The van der Waals surface area contributed by atoms with Crippen molar-refractivity contribution in [3.05, 3.63) is 93.5 Å². The minimum atomic E-state index is -0.192. The van der Waals surface area contributed by atoms with Crippen LogP contribution in [0.3, 0.4) is 0 Å². The van der Waals surface area contributed by atoms with Gasteiger partial charge in [-0.3, -0.25) is 19.6 Å². The number of anilines is 1. The monoisotopic (exact) mass is 473 g/mol. The first-order valence-electron chi connectivity index (χ1n) is 10.8. The van der Waals surface area contributed by atoms with Crippen LogP contribution < -0.4 is 10.6 Å². The fourth-order valence-corrected chi connectivity index (χ4v) is 4.00. The average molecular weight is 474 g/mol. The normalized spacial score (nSPS) is 10.8. The number of amides is 2. The van der Waals surface area contributed by atoms with E-state index in [2.05, 4.69) is 25.6 Å². The molecule has 0 aliphatic carbocycles. The van der Waals surface area contributed by atoms with Crippen LogP contribution in [0.4, 0.5) is 5.82 Å². The van der Waals surface area contributed by atoms with Gasteiger partial charge in [0, 0.05) is 54.6 Å². The molecular weight excluding hydrogens is 450 g/mol. The van der Waals surface area contributed by atoms with Crippen LogP contribution in [0.2, 0.25) is 5.02 Å². The summed E-state index contributed by atoms with van der Waals surface area (Å²) in [6, 6.07) is 13.2. The minimum absolute atomic E-state index is 0.176. The molecule has 0 fully saturated rings. The molecule has 0 aliphatic rings. The predicted molar refractivity (Wildman–Crippen MR) is 133 cm³/mol. The zero-order valence-corrected chi connectivity index (χ0v) is 19.9. The molecule has 0 atom stereocenters. The van der Waals surface area contributed by atoms with Gasteiger partial charge in [-0.1, -0.05) is 17.7 Å². The second kappa shape index (κ2) is 9.97. The molecule has 34 heavy (non-hydrogen) atoms. The Balaban J connectivity index is 1.46. The Morgan fingerprint density at radius 3 is 2.62 bits per heavy atom. The van der Waals surface area contributed by atoms with Crippen LogP contribution in [0.1, 0.15) is 45.4 Å². The largest absolute Gasteiger partial charge is 0.348 e. The van der Waals surface area contributed by atoms with Gasteiger partial charge in [0.25, 0.3) is 5.91 Å². The van der Waals surface area contributed by atoms with E-state index in [0.717, 1.165) is 39.0 Å². The number of halogens is 1. The van der Waals surface area contributed by atoms with Crippen LogP contribution in [0.15, 0.2) is 54.9 Å². The maximum absolute atomic E-state index is 12.8. The summed E-state index contributed by atoms with van der Waals surface area (Å²) in [6.45, 7) is 5.56. The summed E-state index contributed by atoms with van der Waals surface area (Å²) in [6.07, 6.45) is 3.85. The molecule has 0 saturated heterocycles. The summed E-state index contributed by atoms with van der Waals surface area (Å²) < 4.78 is 0. The fraction of sp³-hybridized carbons (Fsp3) is 0.192. The van der Waals surface area contributed by atoms with E-state index in [1.54, 1.807) is 30.6 Å². The van der Waals surface area contributed by atoms with Gasteiger partial charge in [-0.05, 0) is 66.9 Å². The molecule has 0 aliphatic heterocycles. The second-order valence-electron chi connectivity index (χ2n) is 8.15. The van der Waals surface area contributed by atoms with Crippen molar-refractivity contribution in [1.82, 2.24) is 20.3 Å². The summed E-state index contributed by atoms with van der Waals surface area (Å²) in [7, 11) is 0. The van der Waals surface area contributed by atoms with Gasteiger partial charge in [-0.15, -0.1) is 0 Å². The van der Waals surface area contributed by atoms with Crippen LogP contribution >= 0.6 is 11.6 Å². The number of nitrogens with one attached hydrogen (secondary N) is 2. The third kappa shape index (κ3) is 5.55. The highest BCUT2D eigenvalue weighted by Crippen LogP contribution is 2.20. The second-order valence-corrected chi connectivity index (χ2v) is 8.58. The Labute approximate surface area is 202 Å². The summed E-state index contributed by atoms with van der Waals surface area (Å²) in [5.41, 5.74) is 5.87.